The first kappa shape index (κ1) is 27.0. The van der Waals surface area contributed by atoms with Gasteiger partial charge in [-0.15, -0.1) is 11.3 Å². The van der Waals surface area contributed by atoms with E-state index in [1.807, 2.05) is 33.1 Å². The number of amides is 1. The molecule has 1 N–H and O–H groups in total. The minimum atomic E-state index is -3.64. The van der Waals surface area contributed by atoms with Gasteiger partial charge in [-0.2, -0.15) is 4.31 Å². The lowest BCUT2D eigenvalue weighted by Crippen LogP contribution is -2.37. The van der Waals surface area contributed by atoms with E-state index in [1.165, 1.54) is 33.3 Å². The molecule has 0 radical (unpaired) electrons. The molecule has 188 valence electrons. The first-order valence-electron chi connectivity index (χ1n) is 11.8. The zero-order chi connectivity index (χ0) is 25.9. The summed E-state index contributed by atoms with van der Waals surface area (Å²) in [6.45, 7) is 15.1. The number of anilines is 1. The second kappa shape index (κ2) is 11.0. The van der Waals surface area contributed by atoms with Gasteiger partial charge in [0.05, 0.1) is 10.6 Å². The lowest BCUT2D eigenvalue weighted by Gasteiger charge is -2.25. The average molecular weight is 514 g/mol. The highest BCUT2D eigenvalue weighted by molar-refractivity contribution is 7.89. The number of hydrogen-bond donors (Lipinski definition) is 1. The zero-order valence-corrected chi connectivity index (χ0v) is 23.2. The number of nitrogens with one attached hydrogen (secondary N) is 1. The SMILES string of the molecule is Cc1cc(C)c(-c2csc(NC(=O)c3ccc(S(=O)(=O)N(CC(C)C)CC(C)C)cc3)n2)c(C)c1. The van der Waals surface area contributed by atoms with Crippen molar-refractivity contribution in [2.45, 2.75) is 53.4 Å². The maximum absolute atomic E-state index is 13.2. The molecule has 0 spiro atoms. The highest BCUT2D eigenvalue weighted by Gasteiger charge is 2.26. The van der Waals surface area contributed by atoms with E-state index in [1.54, 1.807) is 12.1 Å². The molecule has 1 aromatic heterocycles. The van der Waals surface area contributed by atoms with E-state index in [0.717, 1.165) is 22.4 Å². The van der Waals surface area contributed by atoms with Gasteiger partial charge in [0.25, 0.3) is 5.91 Å². The predicted octanol–water partition coefficient (Wildman–Crippen LogP) is 6.29. The number of rotatable bonds is 9. The Bertz CT molecular complexity index is 1260. The highest BCUT2D eigenvalue weighted by atomic mass is 32.2. The summed E-state index contributed by atoms with van der Waals surface area (Å²) < 4.78 is 27.9. The first-order valence-corrected chi connectivity index (χ1v) is 14.2. The minimum absolute atomic E-state index is 0.192. The Balaban J connectivity index is 1.77. The zero-order valence-electron chi connectivity index (χ0n) is 21.5. The number of aryl methyl sites for hydroxylation is 3. The standard InChI is InChI=1S/C27H35N3O3S2/c1-17(2)14-30(15-18(3)4)35(32,33)23-10-8-22(9-11-23)26(31)29-27-28-24(16-34-27)25-20(6)12-19(5)13-21(25)7/h8-13,16-18H,14-15H2,1-7H3,(H,28,29,31). The topological polar surface area (TPSA) is 79.4 Å². The molecular weight excluding hydrogens is 478 g/mol. The maximum Gasteiger partial charge on any atom is 0.257 e. The second-order valence-electron chi connectivity index (χ2n) is 9.90. The van der Waals surface area contributed by atoms with Crippen LogP contribution in [0.3, 0.4) is 0 Å². The van der Waals surface area contributed by atoms with Gasteiger partial charge in [-0.3, -0.25) is 10.1 Å². The molecule has 0 saturated carbocycles. The molecule has 0 atom stereocenters. The van der Waals surface area contributed by atoms with Crippen molar-refractivity contribution in [2.24, 2.45) is 11.8 Å². The predicted molar refractivity (Wildman–Crippen MR) is 145 cm³/mol. The van der Waals surface area contributed by atoms with Gasteiger partial charge >= 0.3 is 0 Å². The first-order chi connectivity index (χ1) is 16.4. The molecule has 35 heavy (non-hydrogen) atoms. The van der Waals surface area contributed by atoms with Crippen LogP contribution in [0.2, 0.25) is 0 Å². The third-order valence-electron chi connectivity index (χ3n) is 5.55. The smallest absolute Gasteiger partial charge is 0.257 e. The largest absolute Gasteiger partial charge is 0.298 e. The van der Waals surface area contributed by atoms with Crippen LogP contribution in [0.4, 0.5) is 5.13 Å². The summed E-state index contributed by atoms with van der Waals surface area (Å²) in [6, 6.07) is 10.4. The van der Waals surface area contributed by atoms with Crippen LogP contribution in [-0.2, 0) is 10.0 Å². The van der Waals surface area contributed by atoms with Crippen LogP contribution in [0.15, 0.2) is 46.7 Å². The fraction of sp³-hybridized carbons (Fsp3) is 0.407. The molecule has 8 heteroatoms. The lowest BCUT2D eigenvalue weighted by atomic mass is 9.98. The van der Waals surface area contributed by atoms with Gasteiger partial charge in [-0.1, -0.05) is 45.4 Å². The van der Waals surface area contributed by atoms with Crippen molar-refractivity contribution in [3.05, 3.63) is 64.0 Å². The third kappa shape index (κ3) is 6.57. The van der Waals surface area contributed by atoms with Crippen molar-refractivity contribution in [2.75, 3.05) is 18.4 Å². The molecule has 0 fully saturated rings. The van der Waals surface area contributed by atoms with Crippen LogP contribution < -0.4 is 5.32 Å². The number of benzene rings is 2. The number of carbonyl (C=O) groups is 1. The fourth-order valence-corrected chi connectivity index (χ4v) is 6.68. The molecule has 1 heterocycles. The Labute approximate surface area is 213 Å². The monoisotopic (exact) mass is 513 g/mol. The Morgan fingerprint density at radius 2 is 1.51 bits per heavy atom. The van der Waals surface area contributed by atoms with Gasteiger partial charge in [0.1, 0.15) is 0 Å². The normalized spacial score (nSPS) is 12.1. The number of thiazole rings is 1. The van der Waals surface area contributed by atoms with E-state index in [-0.39, 0.29) is 22.6 Å². The molecule has 2 aromatic carbocycles. The molecule has 0 saturated heterocycles. The van der Waals surface area contributed by atoms with Crippen LogP contribution in [0.25, 0.3) is 11.3 Å². The van der Waals surface area contributed by atoms with E-state index in [0.29, 0.717) is 23.8 Å². The van der Waals surface area contributed by atoms with Gasteiger partial charge in [-0.05, 0) is 68.0 Å². The van der Waals surface area contributed by atoms with Gasteiger partial charge in [-0.25, -0.2) is 13.4 Å². The summed E-state index contributed by atoms with van der Waals surface area (Å²) in [4.78, 5) is 17.6. The Kier molecular flexibility index (Phi) is 8.51. The summed E-state index contributed by atoms with van der Waals surface area (Å²) in [5.41, 5.74) is 5.78. The van der Waals surface area contributed by atoms with Crippen LogP contribution >= 0.6 is 11.3 Å². The van der Waals surface area contributed by atoms with Crippen LogP contribution in [0, 0.1) is 32.6 Å². The molecule has 1 amide bonds. The number of carbonyl (C=O) groups excluding carboxylic acids is 1. The number of sulfonamides is 1. The van der Waals surface area contributed by atoms with E-state index in [2.05, 4.69) is 43.2 Å². The van der Waals surface area contributed by atoms with E-state index >= 15 is 0 Å². The van der Waals surface area contributed by atoms with Crippen molar-refractivity contribution in [1.82, 2.24) is 9.29 Å². The highest BCUT2D eigenvalue weighted by Crippen LogP contribution is 2.31. The second-order valence-corrected chi connectivity index (χ2v) is 12.7. The van der Waals surface area contributed by atoms with Gasteiger partial charge in [0, 0.05) is 29.6 Å². The van der Waals surface area contributed by atoms with Crippen molar-refractivity contribution in [1.29, 1.82) is 0 Å². The van der Waals surface area contributed by atoms with Gasteiger partial charge in [0.15, 0.2) is 5.13 Å². The molecule has 0 aliphatic carbocycles. The summed E-state index contributed by atoms with van der Waals surface area (Å²) in [5.74, 6) is 0.0990. The molecular formula is C27H35N3O3S2. The Hall–Kier alpha value is -2.55. The summed E-state index contributed by atoms with van der Waals surface area (Å²) in [6.07, 6.45) is 0. The van der Waals surface area contributed by atoms with E-state index in [9.17, 15) is 13.2 Å². The van der Waals surface area contributed by atoms with Crippen molar-refractivity contribution < 1.29 is 13.2 Å². The molecule has 0 aliphatic rings. The minimum Gasteiger partial charge on any atom is -0.298 e. The fourth-order valence-electron chi connectivity index (χ4n) is 4.21. The molecule has 3 aromatic rings. The van der Waals surface area contributed by atoms with Crippen LogP contribution in [0.1, 0.15) is 54.7 Å². The molecule has 0 aliphatic heterocycles. The number of nitrogens with zero attached hydrogens (tertiary/aromatic N) is 2. The third-order valence-corrected chi connectivity index (χ3v) is 8.15. The summed E-state index contributed by atoms with van der Waals surface area (Å²) in [5, 5.41) is 5.28. The molecule has 6 nitrogen and oxygen atoms in total. The summed E-state index contributed by atoms with van der Waals surface area (Å²) >= 11 is 1.37. The van der Waals surface area contributed by atoms with Gasteiger partial charge < -0.3 is 0 Å². The molecule has 0 unspecified atom stereocenters. The number of hydrogen-bond acceptors (Lipinski definition) is 5. The van der Waals surface area contributed by atoms with E-state index < -0.39 is 10.0 Å². The number of aromatic nitrogens is 1. The quantitative estimate of drug-likeness (QED) is 0.365. The van der Waals surface area contributed by atoms with E-state index in [4.69, 9.17) is 0 Å². The van der Waals surface area contributed by atoms with Crippen LogP contribution in [-0.4, -0.2) is 36.7 Å². The summed E-state index contributed by atoms with van der Waals surface area (Å²) in [7, 11) is -3.64. The van der Waals surface area contributed by atoms with Gasteiger partial charge in [0.2, 0.25) is 10.0 Å². The Morgan fingerprint density at radius 3 is 2.03 bits per heavy atom. The lowest BCUT2D eigenvalue weighted by molar-refractivity contribution is 0.102. The Morgan fingerprint density at radius 1 is 0.971 bits per heavy atom. The maximum atomic E-state index is 13.2. The van der Waals surface area contributed by atoms with Crippen molar-refractivity contribution in [3.8, 4) is 11.3 Å². The van der Waals surface area contributed by atoms with Crippen molar-refractivity contribution in [3.63, 3.8) is 0 Å². The van der Waals surface area contributed by atoms with Crippen LogP contribution in [0.5, 0.6) is 0 Å². The average Bonchev–Trinajstić information content (AvgIpc) is 3.19. The molecule has 0 bridgehead atoms. The van der Waals surface area contributed by atoms with Crippen molar-refractivity contribution >= 4 is 32.4 Å². The molecule has 3 rings (SSSR count).